The van der Waals surface area contributed by atoms with Crippen LogP contribution in [-0.4, -0.2) is 17.0 Å². The molecule has 2 aromatic carbocycles. The summed E-state index contributed by atoms with van der Waals surface area (Å²) < 4.78 is 0. The Balaban J connectivity index is 2.05. The zero-order valence-electron chi connectivity index (χ0n) is 11.9. The van der Waals surface area contributed by atoms with Crippen LogP contribution in [0.15, 0.2) is 42.5 Å². The number of hydrogen-bond acceptors (Lipinski definition) is 4. The second-order valence-electron chi connectivity index (χ2n) is 5.12. The van der Waals surface area contributed by atoms with E-state index in [4.69, 9.17) is 0 Å². The Hall–Kier alpha value is -2.86. The first-order chi connectivity index (χ1) is 10.5. The van der Waals surface area contributed by atoms with Crippen LogP contribution in [0, 0.1) is 0 Å². The van der Waals surface area contributed by atoms with Crippen LogP contribution >= 0.6 is 0 Å². The van der Waals surface area contributed by atoms with Crippen molar-refractivity contribution >= 4 is 23.3 Å². The molecule has 1 heterocycles. The van der Waals surface area contributed by atoms with Crippen molar-refractivity contribution in [3.05, 3.63) is 59.2 Å². The molecule has 0 bridgehead atoms. The van der Waals surface area contributed by atoms with E-state index in [9.17, 15) is 14.7 Å². The van der Waals surface area contributed by atoms with E-state index < -0.39 is 5.97 Å². The first-order valence-electron chi connectivity index (χ1n) is 6.81. The summed E-state index contributed by atoms with van der Waals surface area (Å²) in [6.07, 6.45) is 0. The number of amides is 1. The lowest BCUT2D eigenvalue weighted by atomic mass is 9.97. The van der Waals surface area contributed by atoms with Gasteiger partial charge in [-0.25, -0.2) is 10.2 Å². The third-order valence-corrected chi connectivity index (χ3v) is 3.48. The van der Waals surface area contributed by atoms with E-state index in [0.717, 1.165) is 16.8 Å². The standard InChI is InChI=1S/C16H15N3O3/c1-9(20)17-12-7-10(6-11(8-12)16(21)22)15-13-4-2-3-5-14(13)18-19-15/h2-8,15,18-19H,1H3,(H,17,20)(H,21,22). The summed E-state index contributed by atoms with van der Waals surface area (Å²) in [5, 5.41) is 11.9. The van der Waals surface area contributed by atoms with E-state index in [1.807, 2.05) is 24.3 Å². The molecule has 22 heavy (non-hydrogen) atoms. The molecule has 0 saturated carbocycles. The Bertz CT molecular complexity index is 758. The molecule has 1 aliphatic rings. The number of anilines is 2. The fourth-order valence-corrected chi connectivity index (χ4v) is 2.57. The first kappa shape index (κ1) is 14.1. The van der Waals surface area contributed by atoms with Gasteiger partial charge in [0.2, 0.25) is 5.91 Å². The van der Waals surface area contributed by atoms with Gasteiger partial charge in [-0.2, -0.15) is 0 Å². The summed E-state index contributed by atoms with van der Waals surface area (Å²) in [5.74, 6) is -1.28. The smallest absolute Gasteiger partial charge is 0.335 e. The van der Waals surface area contributed by atoms with Gasteiger partial charge in [0, 0.05) is 12.6 Å². The van der Waals surface area contributed by atoms with Crippen molar-refractivity contribution in [1.82, 2.24) is 5.43 Å². The molecule has 1 unspecified atom stereocenters. The molecule has 0 aliphatic carbocycles. The highest BCUT2D eigenvalue weighted by Crippen LogP contribution is 2.34. The number of carbonyl (C=O) groups is 2. The maximum atomic E-state index is 11.3. The van der Waals surface area contributed by atoms with Crippen LogP contribution in [0.2, 0.25) is 0 Å². The van der Waals surface area contributed by atoms with Crippen molar-refractivity contribution in [3.63, 3.8) is 0 Å². The molecule has 1 atom stereocenters. The van der Waals surface area contributed by atoms with E-state index in [0.29, 0.717) is 5.69 Å². The monoisotopic (exact) mass is 297 g/mol. The number of fused-ring (bicyclic) bond motifs is 1. The average Bonchev–Trinajstić information content (AvgIpc) is 2.90. The third kappa shape index (κ3) is 2.64. The molecule has 1 amide bonds. The quantitative estimate of drug-likeness (QED) is 0.698. The summed E-state index contributed by atoms with van der Waals surface area (Å²) in [6.45, 7) is 1.39. The van der Waals surface area contributed by atoms with Gasteiger partial charge in [-0.15, -0.1) is 0 Å². The summed E-state index contributed by atoms with van der Waals surface area (Å²) >= 11 is 0. The lowest BCUT2D eigenvalue weighted by Gasteiger charge is -2.14. The number of aromatic carboxylic acids is 1. The summed E-state index contributed by atoms with van der Waals surface area (Å²) in [7, 11) is 0. The van der Waals surface area contributed by atoms with Crippen LogP contribution in [0.1, 0.15) is 34.5 Å². The minimum atomic E-state index is -1.03. The largest absolute Gasteiger partial charge is 0.478 e. The zero-order valence-corrected chi connectivity index (χ0v) is 11.9. The van der Waals surface area contributed by atoms with E-state index >= 15 is 0 Å². The van der Waals surface area contributed by atoms with Gasteiger partial charge < -0.3 is 15.8 Å². The van der Waals surface area contributed by atoms with Crippen LogP contribution in [0.4, 0.5) is 11.4 Å². The number of carboxylic acid groups (broad SMARTS) is 1. The molecule has 4 N–H and O–H groups in total. The Morgan fingerprint density at radius 2 is 1.95 bits per heavy atom. The highest BCUT2D eigenvalue weighted by molar-refractivity contribution is 5.93. The fourth-order valence-electron chi connectivity index (χ4n) is 2.57. The molecule has 6 heteroatoms. The van der Waals surface area contributed by atoms with Gasteiger partial charge in [0.05, 0.1) is 17.3 Å². The Morgan fingerprint density at radius 3 is 2.68 bits per heavy atom. The van der Waals surface area contributed by atoms with Crippen LogP contribution in [0.5, 0.6) is 0 Å². The maximum absolute atomic E-state index is 11.3. The Labute approximate surface area is 127 Å². The SMILES string of the molecule is CC(=O)Nc1cc(C(=O)O)cc(C2NNc3ccccc32)c1. The minimum absolute atomic E-state index is 0.132. The summed E-state index contributed by atoms with van der Waals surface area (Å²) in [5.41, 5.74) is 9.55. The predicted molar refractivity (Wildman–Crippen MR) is 82.7 cm³/mol. The molecule has 1 aliphatic heterocycles. The summed E-state index contributed by atoms with van der Waals surface area (Å²) in [6, 6.07) is 12.4. The summed E-state index contributed by atoms with van der Waals surface area (Å²) in [4.78, 5) is 22.5. The first-order valence-corrected chi connectivity index (χ1v) is 6.81. The second-order valence-corrected chi connectivity index (χ2v) is 5.12. The molecular formula is C16H15N3O3. The third-order valence-electron chi connectivity index (χ3n) is 3.48. The molecule has 0 saturated heterocycles. The maximum Gasteiger partial charge on any atom is 0.335 e. The van der Waals surface area contributed by atoms with Crippen molar-refractivity contribution in [2.24, 2.45) is 0 Å². The molecular weight excluding hydrogens is 282 g/mol. The second kappa shape index (κ2) is 5.50. The van der Waals surface area contributed by atoms with E-state index in [2.05, 4.69) is 16.2 Å². The normalized spacial score (nSPS) is 15.8. The molecule has 2 aromatic rings. The van der Waals surface area contributed by atoms with Crippen LogP contribution < -0.4 is 16.2 Å². The molecule has 3 rings (SSSR count). The number of carbonyl (C=O) groups excluding carboxylic acids is 1. The van der Waals surface area contributed by atoms with Crippen molar-refractivity contribution in [1.29, 1.82) is 0 Å². The van der Waals surface area contributed by atoms with E-state index in [-0.39, 0.29) is 17.5 Å². The molecule has 6 nitrogen and oxygen atoms in total. The average molecular weight is 297 g/mol. The van der Waals surface area contributed by atoms with Crippen molar-refractivity contribution in [2.75, 3.05) is 10.7 Å². The lowest BCUT2D eigenvalue weighted by Crippen LogP contribution is -2.20. The van der Waals surface area contributed by atoms with Crippen molar-refractivity contribution in [2.45, 2.75) is 13.0 Å². The Kier molecular flexibility index (Phi) is 3.52. The van der Waals surface area contributed by atoms with Gasteiger partial charge in [0.25, 0.3) is 0 Å². The number of nitrogens with one attached hydrogen (secondary N) is 3. The number of para-hydroxylation sites is 1. The van der Waals surface area contributed by atoms with Crippen LogP contribution in [0.3, 0.4) is 0 Å². The predicted octanol–water partition coefficient (Wildman–Crippen LogP) is 2.36. The molecule has 0 spiro atoms. The van der Waals surface area contributed by atoms with Crippen molar-refractivity contribution < 1.29 is 14.7 Å². The van der Waals surface area contributed by atoms with Gasteiger partial charge in [-0.3, -0.25) is 4.79 Å². The zero-order chi connectivity index (χ0) is 15.7. The van der Waals surface area contributed by atoms with Gasteiger partial charge in [0.1, 0.15) is 0 Å². The molecule has 0 fully saturated rings. The number of rotatable bonds is 3. The highest BCUT2D eigenvalue weighted by atomic mass is 16.4. The van der Waals surface area contributed by atoms with Gasteiger partial charge in [-0.1, -0.05) is 18.2 Å². The highest BCUT2D eigenvalue weighted by Gasteiger charge is 2.24. The Morgan fingerprint density at radius 1 is 1.18 bits per heavy atom. The molecule has 112 valence electrons. The molecule has 0 radical (unpaired) electrons. The minimum Gasteiger partial charge on any atom is -0.478 e. The van der Waals surface area contributed by atoms with Crippen LogP contribution in [0.25, 0.3) is 0 Å². The van der Waals surface area contributed by atoms with Crippen molar-refractivity contribution in [3.8, 4) is 0 Å². The number of benzene rings is 2. The topological polar surface area (TPSA) is 90.5 Å². The van der Waals surface area contributed by atoms with Gasteiger partial charge in [-0.05, 0) is 35.4 Å². The number of hydrazine groups is 1. The lowest BCUT2D eigenvalue weighted by molar-refractivity contribution is -0.114. The number of carboxylic acids is 1. The fraction of sp³-hybridized carbons (Fsp3) is 0.125. The number of hydrogen-bond donors (Lipinski definition) is 4. The van der Waals surface area contributed by atoms with E-state index in [1.165, 1.54) is 13.0 Å². The van der Waals surface area contributed by atoms with Gasteiger partial charge in [0.15, 0.2) is 0 Å². The van der Waals surface area contributed by atoms with E-state index in [1.54, 1.807) is 12.1 Å². The molecule has 0 aromatic heterocycles. The van der Waals surface area contributed by atoms with Crippen LogP contribution in [-0.2, 0) is 4.79 Å². The van der Waals surface area contributed by atoms with Gasteiger partial charge >= 0.3 is 5.97 Å².